The molecule has 0 aliphatic rings. The summed E-state index contributed by atoms with van der Waals surface area (Å²) in [6.07, 6.45) is 1.22. The topological polar surface area (TPSA) is 46.5 Å². The summed E-state index contributed by atoms with van der Waals surface area (Å²) in [5.41, 5.74) is 1.90. The Morgan fingerprint density at radius 3 is 2.71 bits per heavy atom. The first-order valence-electron chi connectivity index (χ1n) is 5.62. The lowest BCUT2D eigenvalue weighted by molar-refractivity contribution is -0.131. The second-order valence-corrected chi connectivity index (χ2v) is 4.32. The van der Waals surface area contributed by atoms with Crippen LogP contribution in [0.15, 0.2) is 35.9 Å². The van der Waals surface area contributed by atoms with Gasteiger partial charge in [-0.3, -0.25) is 0 Å². The molecule has 0 aliphatic carbocycles. The van der Waals surface area contributed by atoms with E-state index in [4.69, 9.17) is 9.84 Å². The summed E-state index contributed by atoms with van der Waals surface area (Å²) in [5.74, 6) is -0.000565. The van der Waals surface area contributed by atoms with Crippen LogP contribution in [0.5, 0.6) is 5.75 Å². The van der Waals surface area contributed by atoms with Crippen molar-refractivity contribution in [3.8, 4) is 5.75 Å². The van der Waals surface area contributed by atoms with Crippen LogP contribution in [0.4, 0.5) is 0 Å². The van der Waals surface area contributed by atoms with E-state index in [1.807, 2.05) is 45.0 Å². The first-order valence-corrected chi connectivity index (χ1v) is 5.62. The Kier molecular flexibility index (Phi) is 4.76. The van der Waals surface area contributed by atoms with Crippen LogP contribution in [0.2, 0.25) is 0 Å². The normalized spacial score (nSPS) is 11.6. The van der Waals surface area contributed by atoms with Gasteiger partial charge in [0.2, 0.25) is 0 Å². The summed E-state index contributed by atoms with van der Waals surface area (Å²) in [6.45, 7) is 6.21. The molecule has 1 rings (SSSR count). The predicted molar refractivity (Wildman–Crippen MR) is 67.2 cm³/mol. The van der Waals surface area contributed by atoms with Crippen LogP contribution >= 0.6 is 0 Å². The Balaban J connectivity index is 2.68. The largest absolute Gasteiger partial charge is 0.489 e. The van der Waals surface area contributed by atoms with Crippen molar-refractivity contribution in [2.75, 3.05) is 6.61 Å². The molecule has 0 aromatic heterocycles. The van der Waals surface area contributed by atoms with Crippen LogP contribution in [0.25, 0.3) is 0 Å². The van der Waals surface area contributed by atoms with E-state index in [1.54, 1.807) is 0 Å². The van der Waals surface area contributed by atoms with E-state index >= 15 is 0 Å². The van der Waals surface area contributed by atoms with Crippen LogP contribution in [-0.2, 0) is 4.79 Å². The molecular weight excluding hydrogens is 216 g/mol. The number of benzene rings is 1. The van der Waals surface area contributed by atoms with Crippen molar-refractivity contribution in [3.05, 3.63) is 41.5 Å². The van der Waals surface area contributed by atoms with E-state index in [-0.39, 0.29) is 5.92 Å². The molecule has 0 spiro atoms. The van der Waals surface area contributed by atoms with Gasteiger partial charge in [0.05, 0.1) is 0 Å². The molecule has 0 saturated carbocycles. The number of aryl methyl sites for hydroxylation is 1. The lowest BCUT2D eigenvalue weighted by Crippen LogP contribution is -2.09. The standard InChI is InChI=1S/C14H18O3/c1-10(2)12(8-14(15)16)9-17-13-6-4-5-11(3)7-13/h4-8,10H,9H2,1-3H3,(H,15,16)/b12-8-. The Hall–Kier alpha value is -1.77. The van der Waals surface area contributed by atoms with E-state index in [1.165, 1.54) is 6.08 Å². The second kappa shape index (κ2) is 6.09. The molecule has 17 heavy (non-hydrogen) atoms. The average molecular weight is 234 g/mol. The molecule has 3 heteroatoms. The summed E-state index contributed by atoms with van der Waals surface area (Å²) >= 11 is 0. The number of ether oxygens (including phenoxy) is 1. The van der Waals surface area contributed by atoms with Gasteiger partial charge in [-0.15, -0.1) is 0 Å². The lowest BCUT2D eigenvalue weighted by atomic mass is 10.0. The van der Waals surface area contributed by atoms with Crippen LogP contribution in [0.3, 0.4) is 0 Å². The highest BCUT2D eigenvalue weighted by Crippen LogP contribution is 2.16. The SMILES string of the molecule is Cc1cccc(OC/C(=C/C(=O)O)C(C)C)c1. The molecule has 0 fully saturated rings. The molecule has 0 unspecified atom stereocenters. The van der Waals surface area contributed by atoms with E-state index in [0.29, 0.717) is 6.61 Å². The van der Waals surface area contributed by atoms with E-state index in [2.05, 4.69) is 0 Å². The molecule has 0 atom stereocenters. The number of aliphatic carboxylic acids is 1. The van der Waals surface area contributed by atoms with Gasteiger partial charge in [-0.25, -0.2) is 4.79 Å². The lowest BCUT2D eigenvalue weighted by Gasteiger charge is -2.12. The minimum absolute atomic E-state index is 0.163. The summed E-state index contributed by atoms with van der Waals surface area (Å²) in [7, 11) is 0. The maximum Gasteiger partial charge on any atom is 0.328 e. The smallest absolute Gasteiger partial charge is 0.328 e. The molecule has 0 radical (unpaired) electrons. The average Bonchev–Trinajstić information content (AvgIpc) is 2.23. The maximum atomic E-state index is 10.6. The molecular formula is C14H18O3. The number of rotatable bonds is 5. The molecule has 0 amide bonds. The first-order chi connectivity index (χ1) is 7.99. The van der Waals surface area contributed by atoms with Crippen molar-refractivity contribution >= 4 is 5.97 Å². The number of carbonyl (C=O) groups is 1. The van der Waals surface area contributed by atoms with Crippen LogP contribution in [-0.4, -0.2) is 17.7 Å². The zero-order valence-corrected chi connectivity index (χ0v) is 10.4. The summed E-state index contributed by atoms with van der Waals surface area (Å²) in [6, 6.07) is 7.70. The van der Waals surface area contributed by atoms with Crippen molar-refractivity contribution in [3.63, 3.8) is 0 Å². The van der Waals surface area contributed by atoms with Crippen molar-refractivity contribution < 1.29 is 14.6 Å². The number of carboxylic acids is 1. The van der Waals surface area contributed by atoms with Crippen molar-refractivity contribution in [2.45, 2.75) is 20.8 Å². The van der Waals surface area contributed by atoms with Gasteiger partial charge in [0, 0.05) is 6.08 Å². The highest BCUT2D eigenvalue weighted by Gasteiger charge is 2.07. The maximum absolute atomic E-state index is 10.6. The van der Waals surface area contributed by atoms with Gasteiger partial charge in [-0.1, -0.05) is 26.0 Å². The Labute approximate surface area is 102 Å². The minimum Gasteiger partial charge on any atom is -0.489 e. The fourth-order valence-electron chi connectivity index (χ4n) is 1.41. The molecule has 0 aliphatic heterocycles. The van der Waals surface area contributed by atoms with Crippen molar-refractivity contribution in [1.29, 1.82) is 0 Å². The predicted octanol–water partition coefficient (Wildman–Crippen LogP) is 3.04. The van der Waals surface area contributed by atoms with Gasteiger partial charge in [0.25, 0.3) is 0 Å². The number of carboxylic acid groups (broad SMARTS) is 1. The Morgan fingerprint density at radius 1 is 1.47 bits per heavy atom. The third-order valence-corrected chi connectivity index (χ3v) is 2.45. The first kappa shape index (κ1) is 13.3. The third kappa shape index (κ3) is 4.72. The van der Waals surface area contributed by atoms with Gasteiger partial charge < -0.3 is 9.84 Å². The van der Waals surface area contributed by atoms with Crippen LogP contribution < -0.4 is 4.74 Å². The molecule has 92 valence electrons. The van der Waals surface area contributed by atoms with Gasteiger partial charge >= 0.3 is 5.97 Å². The molecule has 3 nitrogen and oxygen atoms in total. The summed E-state index contributed by atoms with van der Waals surface area (Å²) in [5, 5.41) is 8.74. The van der Waals surface area contributed by atoms with Crippen LogP contribution in [0.1, 0.15) is 19.4 Å². The van der Waals surface area contributed by atoms with Gasteiger partial charge in [-0.05, 0) is 36.1 Å². The van der Waals surface area contributed by atoms with E-state index in [9.17, 15) is 4.79 Å². The molecule has 1 aromatic carbocycles. The van der Waals surface area contributed by atoms with Gasteiger partial charge in [-0.2, -0.15) is 0 Å². The van der Waals surface area contributed by atoms with Crippen LogP contribution in [0, 0.1) is 12.8 Å². The fourth-order valence-corrected chi connectivity index (χ4v) is 1.41. The summed E-state index contributed by atoms with van der Waals surface area (Å²) in [4.78, 5) is 10.6. The summed E-state index contributed by atoms with van der Waals surface area (Å²) < 4.78 is 5.58. The second-order valence-electron chi connectivity index (χ2n) is 4.32. The highest BCUT2D eigenvalue weighted by molar-refractivity contribution is 5.80. The quantitative estimate of drug-likeness (QED) is 0.796. The fraction of sp³-hybridized carbons (Fsp3) is 0.357. The third-order valence-electron chi connectivity index (χ3n) is 2.45. The Bertz CT molecular complexity index is 419. The Morgan fingerprint density at radius 2 is 2.18 bits per heavy atom. The highest BCUT2D eigenvalue weighted by atomic mass is 16.5. The molecule has 0 heterocycles. The van der Waals surface area contributed by atoms with E-state index in [0.717, 1.165) is 16.9 Å². The zero-order chi connectivity index (χ0) is 12.8. The van der Waals surface area contributed by atoms with Gasteiger partial charge in [0.1, 0.15) is 12.4 Å². The molecule has 1 N–H and O–H groups in total. The number of hydrogen-bond acceptors (Lipinski definition) is 2. The minimum atomic E-state index is -0.929. The zero-order valence-electron chi connectivity index (χ0n) is 10.4. The number of hydrogen-bond donors (Lipinski definition) is 1. The van der Waals surface area contributed by atoms with Gasteiger partial charge in [0.15, 0.2) is 0 Å². The molecule has 0 bridgehead atoms. The monoisotopic (exact) mass is 234 g/mol. The van der Waals surface area contributed by atoms with Crippen molar-refractivity contribution in [1.82, 2.24) is 0 Å². The molecule has 1 aromatic rings. The molecule has 0 saturated heterocycles. The van der Waals surface area contributed by atoms with Crippen molar-refractivity contribution in [2.24, 2.45) is 5.92 Å². The van der Waals surface area contributed by atoms with E-state index < -0.39 is 5.97 Å².